The van der Waals surface area contributed by atoms with Gasteiger partial charge in [0, 0.05) is 21.8 Å². The number of pyridine rings is 2. The molecule has 2 fully saturated rings. The molecule has 0 atom stereocenters. The van der Waals surface area contributed by atoms with E-state index < -0.39 is 5.97 Å². The second-order valence-corrected chi connectivity index (χ2v) is 14.2. The van der Waals surface area contributed by atoms with E-state index in [-0.39, 0.29) is 0 Å². The number of aryl methyl sites for hydroxylation is 1. The van der Waals surface area contributed by atoms with Crippen LogP contribution in [0.3, 0.4) is 0 Å². The average Bonchev–Trinajstić information content (AvgIpc) is 3.87. The van der Waals surface area contributed by atoms with Crippen LogP contribution in [-0.2, 0) is 0 Å². The molecule has 0 spiro atoms. The molecule has 4 nitrogen and oxygen atoms in total. The lowest BCUT2D eigenvalue weighted by Gasteiger charge is -2.11. The van der Waals surface area contributed by atoms with Crippen molar-refractivity contribution in [3.05, 3.63) is 107 Å². The molecular weight excluding hydrogens is 581 g/mol. The van der Waals surface area contributed by atoms with Gasteiger partial charge < -0.3 is 5.11 Å². The van der Waals surface area contributed by atoms with Crippen molar-refractivity contribution in [2.45, 2.75) is 70.1 Å². The lowest BCUT2D eigenvalue weighted by Crippen LogP contribution is -1.96. The Labute approximate surface area is 266 Å². The molecule has 2 aliphatic carbocycles. The molecule has 8 rings (SSSR count). The van der Waals surface area contributed by atoms with Crippen LogP contribution >= 0.6 is 22.7 Å². The highest BCUT2D eigenvalue weighted by Gasteiger charge is 2.27. The molecule has 44 heavy (non-hydrogen) atoms. The summed E-state index contributed by atoms with van der Waals surface area (Å²) in [4.78, 5) is 23.0. The average molecular weight is 617 g/mol. The van der Waals surface area contributed by atoms with Gasteiger partial charge in [0.15, 0.2) is 0 Å². The van der Waals surface area contributed by atoms with Gasteiger partial charge in [0.2, 0.25) is 0 Å². The molecule has 4 aromatic heterocycles. The largest absolute Gasteiger partial charge is 0.478 e. The molecule has 2 aromatic carbocycles. The highest BCUT2D eigenvalue weighted by molar-refractivity contribution is 7.22. The summed E-state index contributed by atoms with van der Waals surface area (Å²) in [7, 11) is 0. The summed E-state index contributed by atoms with van der Waals surface area (Å²) in [6, 6.07) is 24.6. The standard InChI is InChI=1S/C19H17NO2S.C19H19NS/c21-19(22)13-8-9-14-16(11-13)23-18(15-7-3-4-10-20-15)17(14)12-5-1-2-6-12;1-13-9-10-15-17(12-13)21-19(16-8-4-5-11-20-16)18(15)14-6-2-3-7-14/h3-4,7-12H,1-2,5-6H2,(H,21,22);4-5,8-12,14H,2-3,6-7H2,1H3. The van der Waals surface area contributed by atoms with E-state index in [1.807, 2.05) is 54.1 Å². The van der Waals surface area contributed by atoms with Gasteiger partial charge in [-0.05, 0) is 114 Å². The summed E-state index contributed by atoms with van der Waals surface area (Å²) in [6.07, 6.45) is 14.1. The Morgan fingerprint density at radius 2 is 1.18 bits per heavy atom. The number of hydrogen-bond donors (Lipinski definition) is 1. The first-order chi connectivity index (χ1) is 21.6. The molecular formula is C38H36N2O2S2. The number of aromatic carboxylic acids is 1. The molecule has 4 heterocycles. The zero-order valence-electron chi connectivity index (χ0n) is 25.0. The molecule has 0 radical (unpaired) electrons. The summed E-state index contributed by atoms with van der Waals surface area (Å²) < 4.78 is 2.46. The van der Waals surface area contributed by atoms with Crippen molar-refractivity contribution < 1.29 is 9.90 Å². The number of carbonyl (C=O) groups is 1. The predicted molar refractivity (Wildman–Crippen MR) is 184 cm³/mol. The molecule has 6 heteroatoms. The number of carboxylic acids is 1. The van der Waals surface area contributed by atoms with Crippen molar-refractivity contribution in [2.24, 2.45) is 0 Å². The Bertz CT molecular complexity index is 1920. The number of nitrogens with zero attached hydrogens (tertiary/aromatic N) is 2. The highest BCUT2D eigenvalue weighted by atomic mass is 32.1. The second kappa shape index (κ2) is 12.6. The van der Waals surface area contributed by atoms with Gasteiger partial charge in [0.25, 0.3) is 0 Å². The van der Waals surface area contributed by atoms with Crippen LogP contribution in [0.5, 0.6) is 0 Å². The summed E-state index contributed by atoms with van der Waals surface area (Å²) >= 11 is 3.59. The van der Waals surface area contributed by atoms with Crippen LogP contribution in [0.25, 0.3) is 41.3 Å². The maximum Gasteiger partial charge on any atom is 0.335 e. The van der Waals surface area contributed by atoms with Crippen molar-refractivity contribution in [3.63, 3.8) is 0 Å². The van der Waals surface area contributed by atoms with Crippen LogP contribution in [0.1, 0.15) is 90.3 Å². The van der Waals surface area contributed by atoms with Crippen molar-refractivity contribution >= 4 is 48.8 Å². The third kappa shape index (κ3) is 5.69. The van der Waals surface area contributed by atoms with Gasteiger partial charge >= 0.3 is 5.97 Å². The number of rotatable bonds is 5. The summed E-state index contributed by atoms with van der Waals surface area (Å²) in [5, 5.41) is 11.9. The molecule has 0 bridgehead atoms. The normalized spacial score (nSPS) is 15.6. The van der Waals surface area contributed by atoms with Crippen molar-refractivity contribution in [2.75, 3.05) is 0 Å². The van der Waals surface area contributed by atoms with Gasteiger partial charge in [0.1, 0.15) is 0 Å². The molecule has 0 amide bonds. The van der Waals surface area contributed by atoms with Crippen molar-refractivity contribution in [3.8, 4) is 21.1 Å². The van der Waals surface area contributed by atoms with Gasteiger partial charge in [-0.3, -0.25) is 9.97 Å². The van der Waals surface area contributed by atoms with Crippen molar-refractivity contribution in [1.29, 1.82) is 0 Å². The molecule has 222 valence electrons. The van der Waals surface area contributed by atoms with Crippen LogP contribution in [-0.4, -0.2) is 21.0 Å². The molecule has 0 unspecified atom stereocenters. The monoisotopic (exact) mass is 616 g/mol. The molecule has 1 N–H and O–H groups in total. The zero-order chi connectivity index (χ0) is 30.0. The fourth-order valence-electron chi connectivity index (χ4n) is 7.09. The molecule has 6 aromatic rings. The number of thiophene rings is 2. The van der Waals surface area contributed by atoms with Crippen LogP contribution in [0.15, 0.2) is 85.2 Å². The quantitative estimate of drug-likeness (QED) is 0.209. The zero-order valence-corrected chi connectivity index (χ0v) is 26.6. The van der Waals surface area contributed by atoms with Crippen LogP contribution < -0.4 is 0 Å². The van der Waals surface area contributed by atoms with Crippen LogP contribution in [0.2, 0.25) is 0 Å². The minimum Gasteiger partial charge on any atom is -0.478 e. The van der Waals surface area contributed by atoms with E-state index in [1.165, 1.54) is 87.7 Å². The second-order valence-electron chi connectivity index (χ2n) is 12.1. The lowest BCUT2D eigenvalue weighted by molar-refractivity contribution is 0.0697. The maximum absolute atomic E-state index is 11.3. The fourth-order valence-corrected chi connectivity index (χ4v) is 9.76. The molecule has 0 aliphatic heterocycles. The Balaban J connectivity index is 0.000000143. The van der Waals surface area contributed by atoms with Gasteiger partial charge in [-0.2, -0.15) is 0 Å². The van der Waals surface area contributed by atoms with E-state index >= 15 is 0 Å². The highest BCUT2D eigenvalue weighted by Crippen LogP contribution is 2.48. The van der Waals surface area contributed by atoms with Gasteiger partial charge in [0.05, 0.1) is 26.7 Å². The third-order valence-electron chi connectivity index (χ3n) is 9.18. The summed E-state index contributed by atoms with van der Waals surface area (Å²) in [6.45, 7) is 2.18. The number of fused-ring (bicyclic) bond motifs is 2. The van der Waals surface area contributed by atoms with Crippen molar-refractivity contribution in [1.82, 2.24) is 9.97 Å². The predicted octanol–water partition coefficient (Wildman–Crippen LogP) is 11.2. The van der Waals surface area contributed by atoms with E-state index in [4.69, 9.17) is 0 Å². The van der Waals surface area contributed by atoms with E-state index in [0.29, 0.717) is 11.5 Å². The molecule has 2 saturated carbocycles. The van der Waals surface area contributed by atoms with Crippen LogP contribution in [0.4, 0.5) is 0 Å². The molecule has 0 saturated heterocycles. The molecule has 2 aliphatic rings. The topological polar surface area (TPSA) is 63.1 Å². The van der Waals surface area contributed by atoms with Gasteiger partial charge in [-0.1, -0.05) is 56.0 Å². The number of hydrogen-bond acceptors (Lipinski definition) is 5. The number of aromatic nitrogens is 2. The van der Waals surface area contributed by atoms with E-state index in [2.05, 4.69) is 47.2 Å². The smallest absolute Gasteiger partial charge is 0.335 e. The number of benzene rings is 2. The minimum absolute atomic E-state index is 0.351. The number of carboxylic acid groups (broad SMARTS) is 1. The van der Waals surface area contributed by atoms with E-state index in [9.17, 15) is 9.90 Å². The summed E-state index contributed by atoms with van der Waals surface area (Å²) in [5.74, 6) is 0.414. The van der Waals surface area contributed by atoms with Crippen LogP contribution in [0, 0.1) is 6.92 Å². The van der Waals surface area contributed by atoms with E-state index in [1.54, 1.807) is 29.0 Å². The summed E-state index contributed by atoms with van der Waals surface area (Å²) in [5.41, 5.74) is 6.76. The lowest BCUT2D eigenvalue weighted by atomic mass is 9.93. The Morgan fingerprint density at radius 3 is 1.66 bits per heavy atom. The Morgan fingerprint density at radius 1 is 0.682 bits per heavy atom. The first kappa shape index (κ1) is 28.9. The fraction of sp³-hybridized carbons (Fsp3) is 0.289. The Hall–Kier alpha value is -3.87. The van der Waals surface area contributed by atoms with Gasteiger partial charge in [-0.25, -0.2) is 4.79 Å². The Kier molecular flexibility index (Phi) is 8.28. The first-order valence-electron chi connectivity index (χ1n) is 15.7. The maximum atomic E-state index is 11.3. The SMILES string of the molecule is Cc1ccc2c(C3CCCC3)c(-c3ccccn3)sc2c1.O=C(O)c1ccc2c(C3CCCC3)c(-c3ccccn3)sc2c1. The third-order valence-corrected chi connectivity index (χ3v) is 11.6. The first-order valence-corrected chi connectivity index (χ1v) is 17.4. The van der Waals surface area contributed by atoms with E-state index in [0.717, 1.165) is 22.0 Å². The minimum atomic E-state index is -0.873. The van der Waals surface area contributed by atoms with Gasteiger partial charge in [-0.15, -0.1) is 22.7 Å².